The van der Waals surface area contributed by atoms with Crippen LogP contribution in [-0.2, 0) is 7.05 Å². The maximum Gasteiger partial charge on any atom is 0.337 e. The minimum Gasteiger partial charge on any atom is -0.478 e. The van der Waals surface area contributed by atoms with Crippen LogP contribution in [0.25, 0.3) is 16.7 Å². The summed E-state index contributed by atoms with van der Waals surface area (Å²) in [4.78, 5) is 27.4. The maximum atomic E-state index is 12.3. The number of hydrogen-bond donors (Lipinski definition) is 1. The number of fused-ring (bicyclic) bond motifs is 1. The van der Waals surface area contributed by atoms with E-state index in [-0.39, 0.29) is 16.5 Å². The minimum atomic E-state index is -1.14. The third-order valence-electron chi connectivity index (χ3n) is 3.38. The zero-order valence-corrected chi connectivity index (χ0v) is 11.5. The van der Waals surface area contributed by atoms with E-state index in [1.165, 1.54) is 16.9 Å². The monoisotopic (exact) mass is 294 g/mol. The highest BCUT2D eigenvalue weighted by atomic mass is 16.4. The lowest BCUT2D eigenvalue weighted by molar-refractivity contribution is 0.0696. The average Bonchev–Trinajstić information content (AvgIpc) is 2.78. The summed E-state index contributed by atoms with van der Waals surface area (Å²) in [5, 5.41) is 18.1. The van der Waals surface area contributed by atoms with Crippen LogP contribution < -0.4 is 5.56 Å². The first kappa shape index (κ1) is 13.6. The SMILES string of the molecule is Cn1c(=O)c2cc(C(=O)O)cnc2n1-c1ccc(C#N)cc1. The Hall–Kier alpha value is -3.40. The summed E-state index contributed by atoms with van der Waals surface area (Å²) >= 11 is 0. The maximum absolute atomic E-state index is 12.3. The molecule has 0 atom stereocenters. The number of aromatic carboxylic acids is 1. The number of carbonyl (C=O) groups is 1. The first-order valence-corrected chi connectivity index (χ1v) is 6.34. The third-order valence-corrected chi connectivity index (χ3v) is 3.38. The Balaban J connectivity index is 2.30. The zero-order chi connectivity index (χ0) is 15.9. The van der Waals surface area contributed by atoms with Gasteiger partial charge in [0.05, 0.1) is 28.3 Å². The fourth-order valence-electron chi connectivity index (χ4n) is 2.28. The zero-order valence-electron chi connectivity index (χ0n) is 11.5. The normalized spacial score (nSPS) is 10.5. The van der Waals surface area contributed by atoms with Gasteiger partial charge in [0.25, 0.3) is 5.56 Å². The number of benzene rings is 1. The molecular formula is C15H10N4O3. The molecule has 0 aliphatic heterocycles. The lowest BCUT2D eigenvalue weighted by Gasteiger charge is -2.08. The summed E-state index contributed by atoms with van der Waals surface area (Å²) in [6.45, 7) is 0. The van der Waals surface area contributed by atoms with Crippen molar-refractivity contribution in [1.82, 2.24) is 14.3 Å². The van der Waals surface area contributed by atoms with E-state index in [0.717, 1.165) is 0 Å². The molecule has 0 amide bonds. The fraction of sp³-hybridized carbons (Fsp3) is 0.0667. The molecule has 108 valence electrons. The van der Waals surface area contributed by atoms with Crippen LogP contribution in [0.2, 0.25) is 0 Å². The summed E-state index contributed by atoms with van der Waals surface area (Å²) in [5.41, 5.74) is 1.15. The second kappa shape index (κ2) is 4.86. The van der Waals surface area contributed by atoms with Crippen molar-refractivity contribution >= 4 is 17.0 Å². The molecule has 0 spiro atoms. The van der Waals surface area contributed by atoms with Gasteiger partial charge >= 0.3 is 5.97 Å². The molecule has 1 aromatic carbocycles. The van der Waals surface area contributed by atoms with Crippen molar-refractivity contribution in [2.45, 2.75) is 0 Å². The van der Waals surface area contributed by atoms with E-state index in [0.29, 0.717) is 16.9 Å². The first-order chi connectivity index (χ1) is 10.5. The van der Waals surface area contributed by atoms with E-state index in [4.69, 9.17) is 10.4 Å². The molecule has 22 heavy (non-hydrogen) atoms. The number of aromatic nitrogens is 3. The molecule has 0 saturated carbocycles. The van der Waals surface area contributed by atoms with Crippen molar-refractivity contribution in [3.63, 3.8) is 0 Å². The lowest BCUT2D eigenvalue weighted by Crippen LogP contribution is -2.18. The van der Waals surface area contributed by atoms with Crippen LogP contribution in [0.15, 0.2) is 41.3 Å². The standard InChI is InChI=1S/C15H10N4O3/c1-18-14(20)12-6-10(15(21)22)8-17-13(12)19(18)11-4-2-9(7-16)3-5-11/h2-6,8H,1H3,(H,21,22). The van der Waals surface area contributed by atoms with Crippen LogP contribution in [-0.4, -0.2) is 25.4 Å². The largest absolute Gasteiger partial charge is 0.478 e. The number of carboxylic acids is 1. The Morgan fingerprint density at radius 2 is 2.00 bits per heavy atom. The Labute approximate surface area is 124 Å². The smallest absolute Gasteiger partial charge is 0.337 e. The van der Waals surface area contributed by atoms with Crippen molar-refractivity contribution in [2.24, 2.45) is 7.05 Å². The molecule has 0 aliphatic carbocycles. The third kappa shape index (κ3) is 1.94. The Bertz CT molecular complexity index is 991. The van der Waals surface area contributed by atoms with Crippen LogP contribution in [0, 0.1) is 11.3 Å². The van der Waals surface area contributed by atoms with Gasteiger partial charge in [-0.3, -0.25) is 4.79 Å². The summed E-state index contributed by atoms with van der Waals surface area (Å²) < 4.78 is 2.93. The lowest BCUT2D eigenvalue weighted by atomic mass is 10.2. The molecule has 2 aromatic heterocycles. The highest BCUT2D eigenvalue weighted by Crippen LogP contribution is 2.16. The predicted molar refractivity (Wildman–Crippen MR) is 78.0 cm³/mol. The molecule has 0 unspecified atom stereocenters. The molecule has 7 heteroatoms. The van der Waals surface area contributed by atoms with Crippen LogP contribution >= 0.6 is 0 Å². The van der Waals surface area contributed by atoms with Crippen LogP contribution in [0.4, 0.5) is 0 Å². The average molecular weight is 294 g/mol. The minimum absolute atomic E-state index is 0.0396. The van der Waals surface area contributed by atoms with Crippen molar-refractivity contribution in [3.8, 4) is 11.8 Å². The second-order valence-electron chi connectivity index (χ2n) is 4.70. The summed E-state index contributed by atoms with van der Waals surface area (Å²) in [6, 6.07) is 10.0. The summed E-state index contributed by atoms with van der Waals surface area (Å²) in [6.07, 6.45) is 1.21. The van der Waals surface area contributed by atoms with Gasteiger partial charge in [-0.2, -0.15) is 5.26 Å². The molecule has 1 N–H and O–H groups in total. The van der Waals surface area contributed by atoms with E-state index in [1.54, 1.807) is 36.0 Å². The molecule has 3 rings (SSSR count). The van der Waals surface area contributed by atoms with E-state index < -0.39 is 5.97 Å². The molecule has 2 heterocycles. The van der Waals surface area contributed by atoms with E-state index in [9.17, 15) is 9.59 Å². The number of pyridine rings is 1. The second-order valence-corrected chi connectivity index (χ2v) is 4.70. The van der Waals surface area contributed by atoms with Gasteiger partial charge < -0.3 is 5.11 Å². The van der Waals surface area contributed by atoms with Gasteiger partial charge in [0.15, 0.2) is 5.65 Å². The molecule has 0 aliphatic rings. The molecular weight excluding hydrogens is 284 g/mol. The van der Waals surface area contributed by atoms with Gasteiger partial charge in [-0.25, -0.2) is 19.1 Å². The van der Waals surface area contributed by atoms with Gasteiger partial charge in [-0.1, -0.05) is 0 Å². The fourth-order valence-corrected chi connectivity index (χ4v) is 2.28. The Morgan fingerprint density at radius 1 is 1.32 bits per heavy atom. The molecule has 7 nitrogen and oxygen atoms in total. The van der Waals surface area contributed by atoms with E-state index >= 15 is 0 Å². The molecule has 0 radical (unpaired) electrons. The van der Waals surface area contributed by atoms with Gasteiger partial charge in [0.2, 0.25) is 0 Å². The number of rotatable bonds is 2. The molecule has 0 fully saturated rings. The summed E-state index contributed by atoms with van der Waals surface area (Å²) in [7, 11) is 1.57. The summed E-state index contributed by atoms with van der Waals surface area (Å²) in [5.74, 6) is -1.14. The number of carboxylic acid groups (broad SMARTS) is 1. The highest BCUT2D eigenvalue weighted by Gasteiger charge is 2.15. The van der Waals surface area contributed by atoms with Gasteiger partial charge in [0, 0.05) is 13.2 Å². The predicted octanol–water partition coefficient (Wildman–Crippen LogP) is 1.29. The van der Waals surface area contributed by atoms with Crippen molar-refractivity contribution in [3.05, 3.63) is 58.0 Å². The first-order valence-electron chi connectivity index (χ1n) is 6.34. The van der Waals surface area contributed by atoms with Crippen molar-refractivity contribution < 1.29 is 9.90 Å². The van der Waals surface area contributed by atoms with E-state index in [1.807, 2.05) is 6.07 Å². The molecule has 0 saturated heterocycles. The number of nitriles is 1. The van der Waals surface area contributed by atoms with Crippen LogP contribution in [0.1, 0.15) is 15.9 Å². The van der Waals surface area contributed by atoms with Gasteiger partial charge in [-0.05, 0) is 30.3 Å². The number of hydrogen-bond acceptors (Lipinski definition) is 4. The van der Waals surface area contributed by atoms with Gasteiger partial charge in [-0.15, -0.1) is 0 Å². The van der Waals surface area contributed by atoms with Crippen LogP contribution in [0.3, 0.4) is 0 Å². The Kier molecular flexibility index (Phi) is 3.00. The topological polar surface area (TPSA) is 101 Å². The molecule has 0 bridgehead atoms. The van der Waals surface area contributed by atoms with Crippen molar-refractivity contribution in [2.75, 3.05) is 0 Å². The highest BCUT2D eigenvalue weighted by molar-refractivity contribution is 5.91. The van der Waals surface area contributed by atoms with E-state index in [2.05, 4.69) is 4.98 Å². The van der Waals surface area contributed by atoms with Crippen molar-refractivity contribution in [1.29, 1.82) is 5.26 Å². The van der Waals surface area contributed by atoms with Gasteiger partial charge in [0.1, 0.15) is 0 Å². The quantitative estimate of drug-likeness (QED) is 0.767. The van der Waals surface area contributed by atoms with Crippen LogP contribution in [0.5, 0.6) is 0 Å². The molecule has 3 aromatic rings. The Morgan fingerprint density at radius 3 is 2.59 bits per heavy atom. The number of nitrogens with zero attached hydrogens (tertiary/aromatic N) is 4.